The fourth-order valence-electron chi connectivity index (χ4n) is 4.06. The zero-order valence-corrected chi connectivity index (χ0v) is 18.0. The Kier molecular flexibility index (Phi) is 10.8. The molecule has 4 N–H and O–H groups in total. The zero-order chi connectivity index (χ0) is 21.8. The van der Waals surface area contributed by atoms with Crippen molar-refractivity contribution in [2.45, 2.75) is 70.2 Å². The molecule has 1 fully saturated rings. The first-order valence-corrected chi connectivity index (χ1v) is 11.2. The van der Waals surface area contributed by atoms with Crippen LogP contribution in [0.2, 0.25) is 0 Å². The van der Waals surface area contributed by atoms with E-state index < -0.39 is 18.3 Å². The maximum atomic E-state index is 11.4. The summed E-state index contributed by atoms with van der Waals surface area (Å²) in [5.74, 6) is -0.139. The molecule has 0 radical (unpaired) electrons. The van der Waals surface area contributed by atoms with Gasteiger partial charge in [-0.05, 0) is 50.5 Å². The van der Waals surface area contributed by atoms with Gasteiger partial charge in [-0.15, -0.1) is 0 Å². The van der Waals surface area contributed by atoms with E-state index in [9.17, 15) is 20.1 Å². The average Bonchev–Trinajstić information content (AvgIpc) is 3.00. The first kappa shape index (κ1) is 24.3. The lowest BCUT2D eigenvalue weighted by Crippen LogP contribution is -2.21. The highest BCUT2D eigenvalue weighted by molar-refractivity contribution is 5.75. The fourth-order valence-corrected chi connectivity index (χ4v) is 4.06. The lowest BCUT2D eigenvalue weighted by atomic mass is 9.89. The molecule has 1 aliphatic carbocycles. The summed E-state index contributed by atoms with van der Waals surface area (Å²) < 4.78 is 0. The summed E-state index contributed by atoms with van der Waals surface area (Å²) in [7, 11) is 0. The molecule has 1 aliphatic rings. The molecule has 30 heavy (non-hydrogen) atoms. The van der Waals surface area contributed by atoms with E-state index in [-0.39, 0.29) is 17.7 Å². The molecule has 1 aromatic rings. The van der Waals surface area contributed by atoms with Crippen LogP contribution in [0.5, 0.6) is 0 Å². The van der Waals surface area contributed by atoms with E-state index >= 15 is 0 Å². The van der Waals surface area contributed by atoms with Crippen LogP contribution in [0.4, 0.5) is 0 Å². The van der Waals surface area contributed by atoms with Crippen molar-refractivity contribution >= 4 is 5.91 Å². The molecule has 1 aromatic carbocycles. The van der Waals surface area contributed by atoms with Crippen molar-refractivity contribution in [3.8, 4) is 0 Å². The van der Waals surface area contributed by atoms with Crippen molar-refractivity contribution in [1.82, 2.24) is 5.32 Å². The number of hydrogen-bond acceptors (Lipinski definition) is 4. The number of rotatable bonds is 12. The Bertz CT molecular complexity index is 673. The maximum absolute atomic E-state index is 11.4. The maximum Gasteiger partial charge on any atom is 0.219 e. The van der Waals surface area contributed by atoms with Crippen LogP contribution in [0.1, 0.15) is 51.0 Å². The Labute approximate surface area is 180 Å². The molecule has 4 unspecified atom stereocenters. The van der Waals surface area contributed by atoms with Gasteiger partial charge in [0.2, 0.25) is 5.91 Å². The molecule has 0 spiro atoms. The number of benzene rings is 1. The van der Waals surface area contributed by atoms with E-state index in [0.717, 1.165) is 19.3 Å². The normalized spacial score (nSPS) is 25.2. The van der Waals surface area contributed by atoms with Gasteiger partial charge in [0.1, 0.15) is 0 Å². The lowest BCUT2D eigenvalue weighted by molar-refractivity contribution is -0.121. The standard InChI is InChI=1S/C25H37NO4/c1-2-26-25(30)13-9-4-3-8-12-21-22(24(29)18-23(21)28)17-16-20(27)15-14-19-10-6-5-7-11-19/h3,5-8,10-11,16-17,20-24,27-29H,2,4,9,12-15,18H2,1H3,(H,26,30)/t20?,21?,22-,23?,24?/m1/s1. The third kappa shape index (κ3) is 8.42. The second-order valence-electron chi connectivity index (χ2n) is 8.14. The second-order valence-corrected chi connectivity index (χ2v) is 8.14. The van der Waals surface area contributed by atoms with Crippen LogP contribution in [0, 0.1) is 11.8 Å². The SMILES string of the molecule is CCNC(=O)CCCC=CCC1C(O)CC(O)[C@@H]1C=CC(O)CCc1ccccc1. The predicted octanol–water partition coefficient (Wildman–Crippen LogP) is 3.15. The zero-order valence-electron chi connectivity index (χ0n) is 18.0. The highest BCUT2D eigenvalue weighted by Gasteiger charge is 2.39. The van der Waals surface area contributed by atoms with Gasteiger partial charge in [-0.3, -0.25) is 4.79 Å². The van der Waals surface area contributed by atoms with Crippen LogP contribution < -0.4 is 5.32 Å². The van der Waals surface area contributed by atoms with E-state index in [4.69, 9.17) is 0 Å². The van der Waals surface area contributed by atoms with Crippen LogP contribution in [-0.2, 0) is 11.2 Å². The summed E-state index contributed by atoms with van der Waals surface area (Å²) in [5, 5.41) is 33.8. The molecule has 5 heteroatoms. The molecular formula is C25H37NO4. The Morgan fingerprint density at radius 2 is 1.97 bits per heavy atom. The van der Waals surface area contributed by atoms with Gasteiger partial charge in [0.15, 0.2) is 0 Å². The van der Waals surface area contributed by atoms with Crippen molar-refractivity contribution in [2.75, 3.05) is 6.54 Å². The van der Waals surface area contributed by atoms with Gasteiger partial charge >= 0.3 is 0 Å². The first-order chi connectivity index (χ1) is 14.5. The Morgan fingerprint density at radius 1 is 1.20 bits per heavy atom. The highest BCUT2D eigenvalue weighted by Crippen LogP contribution is 2.36. The van der Waals surface area contributed by atoms with Crippen molar-refractivity contribution in [3.63, 3.8) is 0 Å². The second kappa shape index (κ2) is 13.4. The van der Waals surface area contributed by atoms with E-state index in [1.54, 1.807) is 6.08 Å². The number of aryl methyl sites for hydroxylation is 1. The largest absolute Gasteiger partial charge is 0.393 e. The lowest BCUT2D eigenvalue weighted by Gasteiger charge is -2.19. The molecule has 1 saturated carbocycles. The molecule has 0 heterocycles. The summed E-state index contributed by atoms with van der Waals surface area (Å²) in [6.45, 7) is 2.57. The van der Waals surface area contributed by atoms with Gasteiger partial charge in [-0.25, -0.2) is 0 Å². The molecule has 2 rings (SSSR count). The summed E-state index contributed by atoms with van der Waals surface area (Å²) in [6.07, 6.45) is 10.6. The van der Waals surface area contributed by atoms with E-state index in [0.29, 0.717) is 32.2 Å². The molecule has 0 bridgehead atoms. The van der Waals surface area contributed by atoms with Gasteiger partial charge in [0, 0.05) is 25.3 Å². The van der Waals surface area contributed by atoms with Gasteiger partial charge < -0.3 is 20.6 Å². The van der Waals surface area contributed by atoms with Crippen LogP contribution >= 0.6 is 0 Å². The van der Waals surface area contributed by atoms with Crippen molar-refractivity contribution in [1.29, 1.82) is 0 Å². The molecular weight excluding hydrogens is 378 g/mol. The van der Waals surface area contributed by atoms with Gasteiger partial charge in [-0.1, -0.05) is 54.6 Å². The minimum atomic E-state index is -0.589. The number of amides is 1. The number of unbranched alkanes of at least 4 members (excludes halogenated alkanes) is 1. The van der Waals surface area contributed by atoms with Crippen LogP contribution in [0.15, 0.2) is 54.6 Å². The predicted molar refractivity (Wildman–Crippen MR) is 120 cm³/mol. The number of nitrogens with one attached hydrogen (secondary N) is 1. The molecule has 166 valence electrons. The smallest absolute Gasteiger partial charge is 0.219 e. The fraction of sp³-hybridized carbons (Fsp3) is 0.560. The molecule has 5 nitrogen and oxygen atoms in total. The molecule has 0 aliphatic heterocycles. The minimum Gasteiger partial charge on any atom is -0.393 e. The van der Waals surface area contributed by atoms with Crippen molar-refractivity contribution in [3.05, 3.63) is 60.2 Å². The van der Waals surface area contributed by atoms with E-state index in [1.807, 2.05) is 55.5 Å². The minimum absolute atomic E-state index is 0.0581. The van der Waals surface area contributed by atoms with E-state index in [1.165, 1.54) is 5.56 Å². The number of hydrogen-bond donors (Lipinski definition) is 4. The Morgan fingerprint density at radius 3 is 2.70 bits per heavy atom. The van der Waals surface area contributed by atoms with Crippen LogP contribution in [0.3, 0.4) is 0 Å². The number of carbonyl (C=O) groups excluding carboxylic acids is 1. The summed E-state index contributed by atoms with van der Waals surface area (Å²) in [4.78, 5) is 11.4. The topological polar surface area (TPSA) is 89.8 Å². The number of aliphatic hydroxyl groups excluding tert-OH is 3. The quantitative estimate of drug-likeness (QED) is 0.312. The average molecular weight is 416 g/mol. The van der Waals surface area contributed by atoms with Gasteiger partial charge in [-0.2, -0.15) is 0 Å². The Hall–Kier alpha value is -1.95. The monoisotopic (exact) mass is 415 g/mol. The summed E-state index contributed by atoms with van der Waals surface area (Å²) >= 11 is 0. The molecule has 5 atom stereocenters. The first-order valence-electron chi connectivity index (χ1n) is 11.2. The van der Waals surface area contributed by atoms with Crippen molar-refractivity contribution < 1.29 is 20.1 Å². The van der Waals surface area contributed by atoms with Gasteiger partial charge in [0.25, 0.3) is 0 Å². The molecule has 0 aromatic heterocycles. The third-order valence-electron chi connectivity index (χ3n) is 5.77. The Balaban J connectivity index is 1.78. The number of aliphatic hydroxyl groups is 3. The number of carbonyl (C=O) groups is 1. The van der Waals surface area contributed by atoms with Crippen molar-refractivity contribution in [2.24, 2.45) is 11.8 Å². The van der Waals surface area contributed by atoms with Crippen LogP contribution in [0.25, 0.3) is 0 Å². The summed E-state index contributed by atoms with van der Waals surface area (Å²) in [6, 6.07) is 10.1. The van der Waals surface area contributed by atoms with Crippen LogP contribution in [-0.4, -0.2) is 46.1 Å². The third-order valence-corrected chi connectivity index (χ3v) is 5.77. The molecule has 0 saturated heterocycles. The molecule has 1 amide bonds. The summed E-state index contributed by atoms with van der Waals surface area (Å²) in [5.41, 5.74) is 1.19. The van der Waals surface area contributed by atoms with Gasteiger partial charge in [0.05, 0.1) is 18.3 Å². The number of allylic oxidation sites excluding steroid dienone is 2. The van der Waals surface area contributed by atoms with E-state index in [2.05, 4.69) is 5.32 Å². The highest BCUT2D eigenvalue weighted by atomic mass is 16.3.